The number of carbonyl (C=O) groups is 1. The molecule has 1 amide bonds. The number of rotatable bonds is 6. The van der Waals surface area contributed by atoms with Crippen molar-refractivity contribution in [2.45, 2.75) is 12.5 Å². The number of hydrogen-bond acceptors (Lipinski definition) is 5. The molecule has 0 aliphatic carbocycles. The molecule has 7 heteroatoms. The van der Waals surface area contributed by atoms with Crippen molar-refractivity contribution in [1.29, 1.82) is 0 Å². The van der Waals surface area contributed by atoms with Gasteiger partial charge in [-0.15, -0.1) is 0 Å². The first-order valence-corrected chi connectivity index (χ1v) is 10.7. The summed E-state index contributed by atoms with van der Waals surface area (Å²) in [5.74, 6) is 0.921. The summed E-state index contributed by atoms with van der Waals surface area (Å²) >= 11 is 6.15. The highest BCUT2D eigenvalue weighted by Gasteiger charge is 2.33. The highest BCUT2D eigenvalue weighted by atomic mass is 35.5. The van der Waals surface area contributed by atoms with E-state index in [-0.39, 0.29) is 11.7 Å². The number of halogens is 1. The van der Waals surface area contributed by atoms with Crippen molar-refractivity contribution >= 4 is 29.3 Å². The van der Waals surface area contributed by atoms with Crippen LogP contribution in [0.2, 0.25) is 5.02 Å². The third-order valence-corrected chi connectivity index (χ3v) is 5.65. The van der Waals surface area contributed by atoms with Crippen LogP contribution in [-0.2, 0) is 4.79 Å². The summed E-state index contributed by atoms with van der Waals surface area (Å²) in [6.07, 6.45) is 3.64. The Morgan fingerprint density at radius 1 is 1.06 bits per heavy atom. The minimum absolute atomic E-state index is 0.0540. The molecular formula is C26H23ClN2O4. The lowest BCUT2D eigenvalue weighted by atomic mass is 9.97. The maximum Gasteiger partial charge on any atom is 0.267 e. The van der Waals surface area contributed by atoms with E-state index in [9.17, 15) is 9.90 Å². The molecule has 0 saturated heterocycles. The first-order chi connectivity index (χ1) is 16.0. The summed E-state index contributed by atoms with van der Waals surface area (Å²) in [7, 11) is 3.13. The molecule has 0 aromatic heterocycles. The molecule has 3 aromatic rings. The lowest BCUT2D eigenvalue weighted by molar-refractivity contribution is -0.127. The molecule has 0 bridgehead atoms. The van der Waals surface area contributed by atoms with Crippen LogP contribution < -0.4 is 9.47 Å². The van der Waals surface area contributed by atoms with Crippen LogP contribution in [0.5, 0.6) is 17.2 Å². The molecule has 6 nitrogen and oxygen atoms in total. The van der Waals surface area contributed by atoms with Crippen molar-refractivity contribution in [3.63, 3.8) is 0 Å². The quantitative estimate of drug-likeness (QED) is 0.494. The Hall–Kier alpha value is -3.77. The average Bonchev–Trinajstić information content (AvgIpc) is 3.29. The fraction of sp³-hybridized carbons (Fsp3) is 0.154. The van der Waals surface area contributed by atoms with Crippen molar-refractivity contribution in [2.75, 3.05) is 14.2 Å². The standard InChI is InChI=1S/C26H23ClN2O4/c1-32-24-12-9-18(14-25(24)33-2)22-16-21(20-15-19(27)10-11-23(20)30)28-29(22)26(31)13-8-17-6-4-3-5-7-17/h3-15,22,30H,16H2,1-2H3/b13-8+/t22-/m0/s1. The fourth-order valence-corrected chi connectivity index (χ4v) is 3.92. The Labute approximate surface area is 197 Å². The van der Waals surface area contributed by atoms with Crippen LogP contribution in [0.1, 0.15) is 29.2 Å². The van der Waals surface area contributed by atoms with Crippen LogP contribution in [0.3, 0.4) is 0 Å². The Morgan fingerprint density at radius 3 is 2.55 bits per heavy atom. The zero-order valence-corrected chi connectivity index (χ0v) is 19.0. The van der Waals surface area contributed by atoms with Crippen LogP contribution in [0.25, 0.3) is 6.08 Å². The van der Waals surface area contributed by atoms with Gasteiger partial charge in [0, 0.05) is 23.1 Å². The molecule has 1 heterocycles. The van der Waals surface area contributed by atoms with Gasteiger partial charge in [-0.05, 0) is 47.5 Å². The van der Waals surface area contributed by atoms with E-state index in [4.69, 9.17) is 21.1 Å². The average molecular weight is 463 g/mol. The summed E-state index contributed by atoms with van der Waals surface area (Å²) in [5.41, 5.74) is 2.80. The molecule has 33 heavy (non-hydrogen) atoms. The predicted molar refractivity (Wildman–Crippen MR) is 129 cm³/mol. The fourth-order valence-electron chi connectivity index (χ4n) is 3.74. The zero-order valence-electron chi connectivity index (χ0n) is 18.2. The van der Waals surface area contributed by atoms with E-state index in [2.05, 4.69) is 5.10 Å². The molecule has 0 radical (unpaired) electrons. The lowest BCUT2D eigenvalue weighted by Gasteiger charge is -2.21. The van der Waals surface area contributed by atoms with E-state index >= 15 is 0 Å². The van der Waals surface area contributed by atoms with Crippen LogP contribution in [0, 0.1) is 0 Å². The highest BCUT2D eigenvalue weighted by molar-refractivity contribution is 6.31. The number of benzene rings is 3. The topological polar surface area (TPSA) is 71.4 Å². The Bertz CT molecular complexity index is 1220. The molecule has 1 aliphatic rings. The molecule has 168 valence electrons. The Morgan fingerprint density at radius 2 is 1.82 bits per heavy atom. The SMILES string of the molecule is COc1ccc([C@@H]2CC(c3cc(Cl)ccc3O)=NN2C(=O)/C=C/c2ccccc2)cc1OC. The van der Waals surface area contributed by atoms with Crippen LogP contribution in [-0.4, -0.2) is 36.0 Å². The number of phenols is 1. The van der Waals surface area contributed by atoms with E-state index < -0.39 is 6.04 Å². The molecule has 0 spiro atoms. The largest absolute Gasteiger partial charge is 0.507 e. The molecule has 0 saturated carbocycles. The minimum Gasteiger partial charge on any atom is -0.507 e. The Balaban J connectivity index is 1.72. The third-order valence-electron chi connectivity index (χ3n) is 5.42. The summed E-state index contributed by atoms with van der Waals surface area (Å²) in [6.45, 7) is 0. The van der Waals surface area contributed by atoms with Crippen molar-refractivity contribution in [2.24, 2.45) is 5.10 Å². The number of hydrogen-bond donors (Lipinski definition) is 1. The van der Waals surface area contributed by atoms with Gasteiger partial charge in [0.05, 0.1) is 26.0 Å². The maximum absolute atomic E-state index is 13.2. The lowest BCUT2D eigenvalue weighted by Crippen LogP contribution is -2.25. The number of phenolic OH excluding ortho intramolecular Hbond substituents is 1. The van der Waals surface area contributed by atoms with E-state index in [1.165, 1.54) is 17.2 Å². The van der Waals surface area contributed by atoms with Gasteiger partial charge in [0.25, 0.3) is 5.91 Å². The van der Waals surface area contributed by atoms with E-state index in [0.717, 1.165) is 11.1 Å². The molecular weight excluding hydrogens is 440 g/mol. The van der Waals surface area contributed by atoms with Gasteiger partial charge in [-0.1, -0.05) is 48.0 Å². The molecule has 4 rings (SSSR count). The van der Waals surface area contributed by atoms with Gasteiger partial charge in [0.2, 0.25) is 0 Å². The second-order valence-electron chi connectivity index (χ2n) is 7.47. The summed E-state index contributed by atoms with van der Waals surface area (Å²) in [6, 6.07) is 19.4. The number of nitrogens with zero attached hydrogens (tertiary/aromatic N) is 2. The van der Waals surface area contributed by atoms with Gasteiger partial charge < -0.3 is 14.6 Å². The monoisotopic (exact) mass is 462 g/mol. The Kier molecular flexibility index (Phi) is 6.66. The van der Waals surface area contributed by atoms with Crippen LogP contribution in [0.4, 0.5) is 0 Å². The van der Waals surface area contributed by atoms with Crippen molar-refractivity contribution < 1.29 is 19.4 Å². The van der Waals surface area contributed by atoms with E-state index in [0.29, 0.717) is 34.2 Å². The van der Waals surface area contributed by atoms with Gasteiger partial charge in [-0.25, -0.2) is 5.01 Å². The number of carbonyl (C=O) groups excluding carboxylic acids is 1. The summed E-state index contributed by atoms with van der Waals surface area (Å²) < 4.78 is 10.8. The molecule has 1 aliphatic heterocycles. The normalized spacial score (nSPS) is 15.5. The van der Waals surface area contributed by atoms with Gasteiger partial charge in [-0.2, -0.15) is 5.10 Å². The van der Waals surface area contributed by atoms with Crippen LogP contribution in [0.15, 0.2) is 77.9 Å². The summed E-state index contributed by atoms with van der Waals surface area (Å²) in [5, 5.41) is 16.9. The van der Waals surface area contributed by atoms with Crippen LogP contribution >= 0.6 is 11.6 Å². The second kappa shape index (κ2) is 9.79. The highest BCUT2D eigenvalue weighted by Crippen LogP contribution is 2.39. The molecule has 3 aromatic carbocycles. The van der Waals surface area contributed by atoms with Crippen molar-refractivity contribution in [1.82, 2.24) is 5.01 Å². The summed E-state index contributed by atoms with van der Waals surface area (Å²) in [4.78, 5) is 13.2. The number of hydrazone groups is 1. The maximum atomic E-state index is 13.2. The van der Waals surface area contributed by atoms with E-state index in [1.54, 1.807) is 38.5 Å². The van der Waals surface area contributed by atoms with Gasteiger partial charge in [-0.3, -0.25) is 4.79 Å². The molecule has 0 fully saturated rings. The van der Waals surface area contributed by atoms with E-state index in [1.807, 2.05) is 42.5 Å². The minimum atomic E-state index is -0.397. The van der Waals surface area contributed by atoms with Gasteiger partial charge >= 0.3 is 0 Å². The van der Waals surface area contributed by atoms with Crippen molar-refractivity contribution in [3.8, 4) is 17.2 Å². The number of methoxy groups -OCH3 is 2. The zero-order chi connectivity index (χ0) is 23.4. The smallest absolute Gasteiger partial charge is 0.267 e. The third kappa shape index (κ3) is 4.86. The predicted octanol–water partition coefficient (Wildman–Crippen LogP) is 5.45. The first kappa shape index (κ1) is 22.4. The molecule has 1 atom stereocenters. The number of amides is 1. The molecule has 0 unspecified atom stereocenters. The number of aromatic hydroxyl groups is 1. The first-order valence-electron chi connectivity index (χ1n) is 10.3. The number of ether oxygens (including phenoxy) is 2. The van der Waals surface area contributed by atoms with Gasteiger partial charge in [0.15, 0.2) is 11.5 Å². The van der Waals surface area contributed by atoms with Gasteiger partial charge in [0.1, 0.15) is 5.75 Å². The van der Waals surface area contributed by atoms with Crippen molar-refractivity contribution in [3.05, 3.63) is 94.5 Å². The second-order valence-corrected chi connectivity index (χ2v) is 7.91. The molecule has 1 N–H and O–H groups in total.